The molecule has 0 aliphatic rings. The highest BCUT2D eigenvalue weighted by molar-refractivity contribution is 6.29. The van der Waals surface area contributed by atoms with E-state index in [4.69, 9.17) is 0 Å². The molecule has 92 heavy (non-hydrogen) atoms. The summed E-state index contributed by atoms with van der Waals surface area (Å²) in [5, 5.41) is 30.1. The Labute approximate surface area is 535 Å². The van der Waals surface area contributed by atoms with E-state index in [0.717, 1.165) is 24.0 Å². The van der Waals surface area contributed by atoms with Crippen molar-refractivity contribution in [2.45, 2.75) is 78.1 Å². The van der Waals surface area contributed by atoms with Gasteiger partial charge >= 0.3 is 0 Å². The standard InChI is InChI=1S/C89H67N3/c1-51(2)59-23-27-63-46-84-76(38-70(63)31-59)80-42-74(58-21-19-55(50-90)20-22-58)43-81-78-40-72-33-61(25-29-65(72)48-86(78)91(84)88(80)81)53(5)17-18-54(6)62-26-30-66-49-87-79(41-73(66)34-62)83-45-75(69-36-67(56-13-9-7-10-14-56)35-68(37-69)57-15-11-8-12-16-57)44-82-77-39-71-32-60(52(3)4)24-28-64(71)47-85(77)92(87)89(82)83/h7-16,19-49,51-54H,17-18H2,1-6H3. The number of fused-ring (bicyclic) bond motifs is 16. The van der Waals surface area contributed by atoms with Crippen LogP contribution in [0.5, 0.6) is 0 Å². The van der Waals surface area contributed by atoms with Gasteiger partial charge in [-0.1, -0.05) is 187 Å². The molecule has 3 nitrogen and oxygen atoms in total. The average molecular weight is 1180 g/mol. The van der Waals surface area contributed by atoms with Gasteiger partial charge in [0.25, 0.3) is 0 Å². The van der Waals surface area contributed by atoms with Crippen molar-refractivity contribution in [2.24, 2.45) is 0 Å². The van der Waals surface area contributed by atoms with E-state index in [2.05, 4.69) is 293 Å². The fourth-order valence-electron chi connectivity index (χ4n) is 15.8. The number of hydrogen-bond acceptors (Lipinski definition) is 1. The van der Waals surface area contributed by atoms with Crippen LogP contribution in [0.3, 0.4) is 0 Å². The van der Waals surface area contributed by atoms with Gasteiger partial charge in [-0.2, -0.15) is 5.26 Å². The fourth-order valence-corrected chi connectivity index (χ4v) is 15.8. The van der Waals surface area contributed by atoms with E-state index in [0.29, 0.717) is 29.2 Å². The van der Waals surface area contributed by atoms with E-state index >= 15 is 0 Å². The third kappa shape index (κ3) is 8.54. The van der Waals surface area contributed by atoms with Crippen LogP contribution in [0.2, 0.25) is 0 Å². The molecule has 2 atom stereocenters. The Morgan fingerprint density at radius 2 is 0.576 bits per heavy atom. The molecule has 0 saturated carbocycles. The van der Waals surface area contributed by atoms with Crippen molar-refractivity contribution >= 4 is 119 Å². The number of benzene rings is 14. The van der Waals surface area contributed by atoms with E-state index in [1.165, 1.54) is 175 Å². The van der Waals surface area contributed by atoms with Crippen LogP contribution in [0.15, 0.2) is 249 Å². The maximum absolute atomic E-state index is 9.68. The Bertz CT molecular complexity index is 6030. The molecule has 0 aliphatic carbocycles. The minimum atomic E-state index is 0.372. The number of nitriles is 1. The van der Waals surface area contributed by atoms with Crippen LogP contribution in [0, 0.1) is 11.3 Å². The van der Waals surface area contributed by atoms with Crippen LogP contribution in [0.25, 0.3) is 164 Å². The molecule has 4 heterocycles. The van der Waals surface area contributed by atoms with Gasteiger partial charge in [-0.3, -0.25) is 0 Å². The molecule has 4 aromatic heterocycles. The first kappa shape index (κ1) is 54.2. The average Bonchev–Trinajstić information content (AvgIpc) is 1.54. The fraction of sp³-hybridized carbons (Fsp3) is 0.135. The minimum Gasteiger partial charge on any atom is -0.308 e. The molecule has 3 heteroatoms. The van der Waals surface area contributed by atoms with Crippen LogP contribution < -0.4 is 0 Å². The molecule has 0 N–H and O–H groups in total. The summed E-state index contributed by atoms with van der Waals surface area (Å²) >= 11 is 0. The van der Waals surface area contributed by atoms with Crippen molar-refractivity contribution in [3.05, 3.63) is 277 Å². The van der Waals surface area contributed by atoms with Crippen molar-refractivity contribution in [3.63, 3.8) is 0 Å². The predicted octanol–water partition coefficient (Wildman–Crippen LogP) is 25.1. The lowest BCUT2D eigenvalue weighted by atomic mass is 9.87. The quantitative estimate of drug-likeness (QED) is 0.127. The molecule has 438 valence electrons. The zero-order valence-corrected chi connectivity index (χ0v) is 52.7. The topological polar surface area (TPSA) is 32.6 Å². The Hall–Kier alpha value is -10.8. The summed E-state index contributed by atoms with van der Waals surface area (Å²) in [4.78, 5) is 0. The second-order valence-electron chi connectivity index (χ2n) is 27.3. The zero-order valence-electron chi connectivity index (χ0n) is 52.7. The molecule has 18 rings (SSSR count). The summed E-state index contributed by atoms with van der Waals surface area (Å²) in [6, 6.07) is 97.0. The van der Waals surface area contributed by atoms with Crippen molar-refractivity contribution in [1.29, 1.82) is 5.26 Å². The Morgan fingerprint density at radius 3 is 0.924 bits per heavy atom. The Morgan fingerprint density at radius 1 is 0.272 bits per heavy atom. The summed E-state index contributed by atoms with van der Waals surface area (Å²) in [5.74, 6) is 1.65. The van der Waals surface area contributed by atoms with Gasteiger partial charge in [0, 0.05) is 43.1 Å². The molecular formula is C89H67N3. The predicted molar refractivity (Wildman–Crippen MR) is 393 cm³/mol. The monoisotopic (exact) mass is 1180 g/mol. The van der Waals surface area contributed by atoms with E-state index < -0.39 is 0 Å². The normalized spacial score (nSPS) is 13.1. The molecule has 0 saturated heterocycles. The van der Waals surface area contributed by atoms with Gasteiger partial charge in [0.2, 0.25) is 0 Å². The molecule has 2 unspecified atom stereocenters. The molecule has 0 spiro atoms. The minimum absolute atomic E-state index is 0.372. The second-order valence-corrected chi connectivity index (χ2v) is 27.3. The Balaban J connectivity index is 0.708. The maximum atomic E-state index is 9.68. The summed E-state index contributed by atoms with van der Waals surface area (Å²) < 4.78 is 5.10. The lowest BCUT2D eigenvalue weighted by molar-refractivity contribution is 0.574. The van der Waals surface area contributed by atoms with Gasteiger partial charge < -0.3 is 8.80 Å². The van der Waals surface area contributed by atoms with Crippen molar-refractivity contribution in [2.75, 3.05) is 0 Å². The second kappa shape index (κ2) is 20.6. The summed E-state index contributed by atoms with van der Waals surface area (Å²) in [6.45, 7) is 14.0. The number of aromatic nitrogens is 2. The number of hydrogen-bond donors (Lipinski definition) is 0. The van der Waals surface area contributed by atoms with Crippen LogP contribution in [0.4, 0.5) is 0 Å². The molecule has 0 bridgehead atoms. The highest BCUT2D eigenvalue weighted by Crippen LogP contribution is 2.48. The van der Waals surface area contributed by atoms with Crippen molar-refractivity contribution in [3.8, 4) is 50.6 Å². The van der Waals surface area contributed by atoms with E-state index in [1.807, 2.05) is 12.1 Å². The number of rotatable bonds is 11. The van der Waals surface area contributed by atoms with E-state index in [9.17, 15) is 5.26 Å². The molecule has 0 aliphatic heterocycles. The van der Waals surface area contributed by atoms with Gasteiger partial charge in [0.1, 0.15) is 0 Å². The summed E-state index contributed by atoms with van der Waals surface area (Å²) in [6.07, 6.45) is 2.16. The first-order chi connectivity index (χ1) is 44.9. The lowest BCUT2D eigenvalue weighted by Gasteiger charge is -2.17. The van der Waals surface area contributed by atoms with Crippen LogP contribution in [0.1, 0.15) is 106 Å². The molecule has 0 fully saturated rings. The van der Waals surface area contributed by atoms with Crippen molar-refractivity contribution < 1.29 is 0 Å². The van der Waals surface area contributed by atoms with Crippen LogP contribution in [-0.2, 0) is 0 Å². The van der Waals surface area contributed by atoms with Crippen molar-refractivity contribution in [1.82, 2.24) is 8.80 Å². The third-order valence-electron chi connectivity index (χ3n) is 21.0. The Kier molecular flexibility index (Phi) is 12.1. The van der Waals surface area contributed by atoms with Gasteiger partial charge in [0.05, 0.1) is 44.7 Å². The van der Waals surface area contributed by atoms with Gasteiger partial charge in [-0.25, -0.2) is 0 Å². The molecule has 0 radical (unpaired) electrons. The van der Waals surface area contributed by atoms with Crippen LogP contribution in [-0.4, -0.2) is 8.80 Å². The third-order valence-corrected chi connectivity index (χ3v) is 21.0. The number of nitrogens with zero attached hydrogens (tertiary/aromatic N) is 3. The highest BCUT2D eigenvalue weighted by Gasteiger charge is 2.24. The largest absolute Gasteiger partial charge is 0.308 e. The summed E-state index contributed by atoms with van der Waals surface area (Å²) in [7, 11) is 0. The van der Waals surface area contributed by atoms with Crippen LogP contribution >= 0.6 is 0 Å². The highest BCUT2D eigenvalue weighted by atomic mass is 14.9. The smallest absolute Gasteiger partial charge is 0.0991 e. The molecule has 0 amide bonds. The van der Waals surface area contributed by atoms with Gasteiger partial charge in [-0.15, -0.1) is 0 Å². The maximum Gasteiger partial charge on any atom is 0.0991 e. The van der Waals surface area contributed by atoms with Gasteiger partial charge in [-0.05, 0) is 249 Å². The zero-order chi connectivity index (χ0) is 61.8. The SMILES string of the molecule is CC(C)c1ccc2cc3c(cc2c1)c1cc(-c2ccc(C#N)cc2)cc2c4cc5cc(C(C)CCC(C)c6ccc7cc8c(cc7c6)c6cc(-c7cc(-c9ccccc9)cc(-c9ccccc9)c7)cc7c9cc%10cc(C(C)C)ccc%10cc9n8c76)ccc5cc4n3c12. The summed E-state index contributed by atoms with van der Waals surface area (Å²) in [5.41, 5.74) is 23.3. The first-order valence-electron chi connectivity index (χ1n) is 33.0. The molecule has 18 aromatic rings. The lowest BCUT2D eigenvalue weighted by Crippen LogP contribution is -1.99. The van der Waals surface area contributed by atoms with E-state index in [-0.39, 0.29) is 0 Å². The molecule has 14 aromatic carbocycles. The first-order valence-corrected chi connectivity index (χ1v) is 33.0. The van der Waals surface area contributed by atoms with E-state index in [1.54, 1.807) is 0 Å². The molecular weight excluding hydrogens is 1110 g/mol. The van der Waals surface area contributed by atoms with Gasteiger partial charge in [0.15, 0.2) is 0 Å².